The number of rotatable bonds is 2. The summed E-state index contributed by atoms with van der Waals surface area (Å²) in [6.45, 7) is 8.05. The van der Waals surface area contributed by atoms with E-state index >= 15 is 0 Å². The highest BCUT2D eigenvalue weighted by atomic mass is 16.3. The van der Waals surface area contributed by atoms with Crippen LogP contribution in [0.3, 0.4) is 0 Å². The van der Waals surface area contributed by atoms with E-state index in [2.05, 4.69) is 38.1 Å². The second kappa shape index (κ2) is 6.72. The van der Waals surface area contributed by atoms with E-state index in [4.69, 9.17) is 0 Å². The standard InChI is InChI=1S/C25H38N2O/c1-4-27-16-17(15-26-27)13-18-14-22-20-9-8-19-7-5-6-11-24(19,2)21(20)10-12-25(22,3)23(18)28/h13,15-16,19-23,28H,4-12,14H2,1-3H3/b18-13+/t19-,20+,21-,22-,23+,24+,25-/m1/s1. The third-order valence-corrected chi connectivity index (χ3v) is 9.78. The van der Waals surface area contributed by atoms with Crippen LogP contribution in [0.5, 0.6) is 0 Å². The van der Waals surface area contributed by atoms with E-state index in [1.807, 2.05) is 10.9 Å². The van der Waals surface area contributed by atoms with Gasteiger partial charge in [0, 0.05) is 23.7 Å². The number of aliphatic hydroxyl groups excluding tert-OH is 1. The summed E-state index contributed by atoms with van der Waals surface area (Å²) in [5, 5.41) is 15.8. The zero-order valence-corrected chi connectivity index (χ0v) is 18.0. The smallest absolute Gasteiger partial charge is 0.0809 e. The zero-order chi connectivity index (χ0) is 19.5. The molecular weight excluding hydrogens is 344 g/mol. The third kappa shape index (κ3) is 2.68. The van der Waals surface area contributed by atoms with Crippen molar-refractivity contribution in [2.45, 2.75) is 91.2 Å². The molecule has 0 amide bonds. The molecule has 0 unspecified atom stereocenters. The number of nitrogens with zero attached hydrogens (tertiary/aromatic N) is 2. The van der Waals surface area contributed by atoms with Crippen molar-refractivity contribution in [1.29, 1.82) is 0 Å². The Morgan fingerprint density at radius 2 is 1.96 bits per heavy atom. The molecule has 7 atom stereocenters. The van der Waals surface area contributed by atoms with Crippen molar-refractivity contribution in [3.05, 3.63) is 23.5 Å². The molecular formula is C25H38N2O. The minimum Gasteiger partial charge on any atom is -0.388 e. The van der Waals surface area contributed by atoms with Crippen LogP contribution < -0.4 is 0 Å². The van der Waals surface area contributed by atoms with Gasteiger partial charge in [0.25, 0.3) is 0 Å². The Morgan fingerprint density at radius 3 is 2.75 bits per heavy atom. The van der Waals surface area contributed by atoms with Crippen LogP contribution in [-0.4, -0.2) is 21.0 Å². The molecule has 0 saturated heterocycles. The largest absolute Gasteiger partial charge is 0.388 e. The molecule has 0 spiro atoms. The lowest BCUT2D eigenvalue weighted by molar-refractivity contribution is -0.119. The van der Waals surface area contributed by atoms with Gasteiger partial charge < -0.3 is 5.11 Å². The summed E-state index contributed by atoms with van der Waals surface area (Å²) in [5.41, 5.74) is 3.06. The quantitative estimate of drug-likeness (QED) is 0.713. The number of hydrogen-bond acceptors (Lipinski definition) is 2. The molecule has 1 N–H and O–H groups in total. The summed E-state index contributed by atoms with van der Waals surface area (Å²) >= 11 is 0. The van der Waals surface area contributed by atoms with Crippen LogP contribution >= 0.6 is 0 Å². The molecule has 0 bridgehead atoms. The van der Waals surface area contributed by atoms with Gasteiger partial charge in [0.15, 0.2) is 0 Å². The Hall–Kier alpha value is -1.09. The first-order valence-electron chi connectivity index (χ1n) is 11.9. The average molecular weight is 383 g/mol. The molecule has 3 nitrogen and oxygen atoms in total. The molecule has 4 aliphatic rings. The summed E-state index contributed by atoms with van der Waals surface area (Å²) < 4.78 is 1.98. The molecule has 28 heavy (non-hydrogen) atoms. The summed E-state index contributed by atoms with van der Waals surface area (Å²) in [6.07, 6.45) is 18.3. The molecule has 1 aromatic heterocycles. The summed E-state index contributed by atoms with van der Waals surface area (Å²) in [7, 11) is 0. The average Bonchev–Trinajstić information content (AvgIpc) is 3.25. The van der Waals surface area contributed by atoms with Gasteiger partial charge >= 0.3 is 0 Å². The molecule has 3 heteroatoms. The van der Waals surface area contributed by atoms with Crippen LogP contribution in [-0.2, 0) is 6.54 Å². The minimum atomic E-state index is -0.277. The van der Waals surface area contributed by atoms with Gasteiger partial charge in [-0.25, -0.2) is 0 Å². The highest BCUT2D eigenvalue weighted by Gasteiger charge is 2.60. The number of aliphatic hydroxyl groups is 1. The predicted octanol–water partition coefficient (Wildman–Crippen LogP) is 5.69. The summed E-state index contributed by atoms with van der Waals surface area (Å²) in [4.78, 5) is 0. The van der Waals surface area contributed by atoms with E-state index in [-0.39, 0.29) is 11.5 Å². The van der Waals surface area contributed by atoms with Crippen molar-refractivity contribution in [2.75, 3.05) is 0 Å². The Balaban J connectivity index is 1.44. The Labute approximate surface area is 170 Å². The molecule has 5 rings (SSSR count). The van der Waals surface area contributed by atoms with Gasteiger partial charge in [-0.2, -0.15) is 5.10 Å². The molecule has 1 aromatic rings. The van der Waals surface area contributed by atoms with Crippen molar-refractivity contribution >= 4 is 6.08 Å². The lowest BCUT2D eigenvalue weighted by Crippen LogP contribution is -2.53. The van der Waals surface area contributed by atoms with Crippen LogP contribution in [0.25, 0.3) is 6.08 Å². The minimum absolute atomic E-state index is 0.0750. The molecule has 4 fully saturated rings. The van der Waals surface area contributed by atoms with Gasteiger partial charge in [-0.3, -0.25) is 4.68 Å². The first-order valence-corrected chi connectivity index (χ1v) is 11.9. The summed E-state index contributed by atoms with van der Waals surface area (Å²) in [6, 6.07) is 0. The van der Waals surface area contributed by atoms with Gasteiger partial charge in [-0.1, -0.05) is 32.8 Å². The van der Waals surface area contributed by atoms with Crippen molar-refractivity contribution < 1.29 is 5.11 Å². The van der Waals surface area contributed by atoms with Crippen molar-refractivity contribution in [3.63, 3.8) is 0 Å². The van der Waals surface area contributed by atoms with Gasteiger partial charge in [-0.05, 0) is 86.5 Å². The fourth-order valence-electron chi connectivity index (χ4n) is 8.14. The van der Waals surface area contributed by atoms with E-state index in [0.29, 0.717) is 11.3 Å². The van der Waals surface area contributed by atoms with Crippen LogP contribution in [0.2, 0.25) is 0 Å². The lowest BCUT2D eigenvalue weighted by Gasteiger charge is -2.60. The fraction of sp³-hybridized carbons (Fsp3) is 0.800. The second-order valence-electron chi connectivity index (χ2n) is 10.9. The van der Waals surface area contributed by atoms with Gasteiger partial charge in [0.2, 0.25) is 0 Å². The van der Waals surface area contributed by atoms with Crippen molar-refractivity contribution in [1.82, 2.24) is 9.78 Å². The highest BCUT2D eigenvalue weighted by Crippen LogP contribution is 2.67. The van der Waals surface area contributed by atoms with E-state index in [0.717, 1.165) is 36.3 Å². The van der Waals surface area contributed by atoms with Crippen molar-refractivity contribution in [3.8, 4) is 0 Å². The Kier molecular flexibility index (Phi) is 4.54. The zero-order valence-electron chi connectivity index (χ0n) is 18.0. The van der Waals surface area contributed by atoms with Gasteiger partial charge in [0.05, 0.1) is 12.3 Å². The Bertz CT molecular complexity index is 766. The normalized spacial score (nSPS) is 46.9. The third-order valence-electron chi connectivity index (χ3n) is 9.78. The van der Waals surface area contributed by atoms with Crippen LogP contribution in [0.15, 0.2) is 18.0 Å². The topological polar surface area (TPSA) is 38.0 Å². The van der Waals surface area contributed by atoms with Crippen LogP contribution in [0.4, 0.5) is 0 Å². The SMILES string of the molecule is CCn1cc(/C=C2\C[C@@H]3[C@H]4CC[C@H]5CCCC[C@]5(C)[C@@H]4CC[C@@]3(C)[C@H]2O)cn1. The van der Waals surface area contributed by atoms with E-state index in [1.54, 1.807) is 0 Å². The monoisotopic (exact) mass is 382 g/mol. The van der Waals surface area contributed by atoms with E-state index in [1.165, 1.54) is 56.9 Å². The highest BCUT2D eigenvalue weighted by molar-refractivity contribution is 5.54. The number of aryl methyl sites for hydroxylation is 1. The maximum atomic E-state index is 11.4. The first-order chi connectivity index (χ1) is 13.5. The lowest BCUT2D eigenvalue weighted by atomic mass is 9.45. The molecule has 0 aromatic carbocycles. The molecule has 4 saturated carbocycles. The van der Waals surface area contributed by atoms with E-state index in [9.17, 15) is 5.11 Å². The Morgan fingerprint density at radius 1 is 1.11 bits per heavy atom. The summed E-state index contributed by atoms with van der Waals surface area (Å²) in [5.74, 6) is 3.33. The predicted molar refractivity (Wildman–Crippen MR) is 114 cm³/mol. The van der Waals surface area contributed by atoms with Crippen LogP contribution in [0, 0.1) is 34.5 Å². The maximum absolute atomic E-state index is 11.4. The first kappa shape index (κ1) is 18.9. The van der Waals surface area contributed by atoms with E-state index < -0.39 is 0 Å². The molecule has 0 radical (unpaired) electrons. The van der Waals surface area contributed by atoms with Gasteiger partial charge in [0.1, 0.15) is 0 Å². The molecule has 4 aliphatic carbocycles. The number of hydrogen-bond donors (Lipinski definition) is 1. The fourth-order valence-corrected chi connectivity index (χ4v) is 8.14. The maximum Gasteiger partial charge on any atom is 0.0809 e. The second-order valence-corrected chi connectivity index (χ2v) is 10.9. The molecule has 0 aliphatic heterocycles. The molecule has 1 heterocycles. The molecule has 154 valence electrons. The van der Waals surface area contributed by atoms with Crippen LogP contribution in [0.1, 0.15) is 84.1 Å². The number of aromatic nitrogens is 2. The van der Waals surface area contributed by atoms with Crippen molar-refractivity contribution in [2.24, 2.45) is 34.5 Å². The number of fused-ring (bicyclic) bond motifs is 5. The van der Waals surface area contributed by atoms with Gasteiger partial charge in [-0.15, -0.1) is 0 Å².